The number of fused-ring (bicyclic) bond motifs is 4. The molecule has 0 bridgehead atoms. The van der Waals surface area contributed by atoms with Gasteiger partial charge in [0, 0.05) is 35.3 Å². The van der Waals surface area contributed by atoms with E-state index >= 15 is 0 Å². The van der Waals surface area contributed by atoms with E-state index in [0.717, 1.165) is 45.3 Å². The monoisotopic (exact) mass is 660 g/mol. The summed E-state index contributed by atoms with van der Waals surface area (Å²) in [5.74, 6) is 2.64. The van der Waals surface area contributed by atoms with Gasteiger partial charge in [0.25, 0.3) is 0 Å². The summed E-state index contributed by atoms with van der Waals surface area (Å²) in [5.41, 5.74) is 5.15. The number of hydrogen-bond donors (Lipinski definition) is 1. The fraction of sp³-hybridized carbons (Fsp3) is 0.432. The zero-order valence-corrected chi connectivity index (χ0v) is 30.9. The first kappa shape index (κ1) is 33.7. The minimum absolute atomic E-state index is 0.0575. The van der Waals surface area contributed by atoms with Gasteiger partial charge >= 0.3 is 5.97 Å². The van der Waals surface area contributed by atoms with Crippen molar-refractivity contribution in [1.82, 2.24) is 0 Å². The quantitative estimate of drug-likeness (QED) is 0.241. The van der Waals surface area contributed by atoms with Gasteiger partial charge < -0.3 is 28.2 Å². The summed E-state index contributed by atoms with van der Waals surface area (Å²) >= 11 is 0. The number of aliphatic carboxylic acids is 1. The Kier molecular flexibility index (Phi) is 8.89. The second-order valence-electron chi connectivity index (χ2n) is 15.3. The molecule has 5 rings (SSSR count). The van der Waals surface area contributed by atoms with Crippen LogP contribution < -0.4 is 23.1 Å². The summed E-state index contributed by atoms with van der Waals surface area (Å²) < 4.78 is 32.1. The van der Waals surface area contributed by atoms with Gasteiger partial charge in [-0.15, -0.1) is 0 Å². The third kappa shape index (κ3) is 6.85. The van der Waals surface area contributed by atoms with E-state index in [9.17, 15) is 4.79 Å². The predicted molar refractivity (Wildman–Crippen MR) is 188 cm³/mol. The molecule has 1 atom stereocenters. The number of carboxylic acids is 1. The first-order valence-corrected chi connectivity index (χ1v) is 21.8. The summed E-state index contributed by atoms with van der Waals surface area (Å²) in [6.07, 6.45) is 0.268. The average Bonchev–Trinajstić information content (AvgIpc) is 3.14. The van der Waals surface area contributed by atoms with Gasteiger partial charge in [-0.05, 0) is 83.8 Å². The van der Waals surface area contributed by atoms with Crippen molar-refractivity contribution in [3.8, 4) is 28.7 Å². The van der Waals surface area contributed by atoms with Crippen LogP contribution in [0, 0.1) is 0 Å². The average molecular weight is 661 g/mol. The van der Waals surface area contributed by atoms with Gasteiger partial charge in [-0.2, -0.15) is 0 Å². The van der Waals surface area contributed by atoms with Gasteiger partial charge in [0.05, 0.1) is 6.61 Å². The maximum absolute atomic E-state index is 11.1. The van der Waals surface area contributed by atoms with Crippen LogP contribution in [0.15, 0.2) is 60.7 Å². The minimum Gasteiger partial charge on any atom is -0.543 e. The minimum atomic E-state index is -2.07. The first-order chi connectivity index (χ1) is 21.4. The van der Waals surface area contributed by atoms with Gasteiger partial charge in [0.2, 0.25) is 16.6 Å². The third-order valence-corrected chi connectivity index (χ3v) is 18.6. The second-order valence-corrected chi connectivity index (χ2v) is 24.7. The molecule has 0 saturated heterocycles. The van der Waals surface area contributed by atoms with Gasteiger partial charge in [0.1, 0.15) is 34.9 Å². The normalized spacial score (nSPS) is 16.6. The highest BCUT2D eigenvalue weighted by Crippen LogP contribution is 2.53. The molecule has 0 spiro atoms. The number of ether oxygens (including phenoxy) is 3. The Balaban J connectivity index is 1.60. The number of hydrogen-bond acceptors (Lipinski definition) is 6. The van der Waals surface area contributed by atoms with Crippen molar-refractivity contribution in [3.05, 3.63) is 77.4 Å². The number of carboxylic acid groups (broad SMARTS) is 1. The Morgan fingerprint density at radius 2 is 1.30 bits per heavy atom. The van der Waals surface area contributed by atoms with Crippen molar-refractivity contribution in [2.45, 2.75) is 90.3 Å². The van der Waals surface area contributed by atoms with Crippen molar-refractivity contribution in [1.29, 1.82) is 0 Å². The van der Waals surface area contributed by atoms with Gasteiger partial charge in [-0.3, -0.25) is 0 Å². The van der Waals surface area contributed by atoms with E-state index in [1.807, 2.05) is 30.3 Å². The molecule has 7 nitrogen and oxygen atoms in total. The molecule has 1 N–H and O–H groups in total. The fourth-order valence-corrected chi connectivity index (χ4v) is 7.21. The molecule has 9 heteroatoms. The molecule has 0 amide bonds. The fourth-order valence-electron chi connectivity index (χ4n) is 5.16. The lowest BCUT2D eigenvalue weighted by Crippen LogP contribution is -2.43. The molecular weight excluding hydrogens is 613 g/mol. The summed E-state index contributed by atoms with van der Waals surface area (Å²) in [6, 6.07) is 19.8. The third-order valence-electron chi connectivity index (χ3n) is 9.87. The van der Waals surface area contributed by atoms with Crippen LogP contribution in [0.4, 0.5) is 0 Å². The smallest absolute Gasteiger partial charge is 0.341 e. The Morgan fingerprint density at radius 1 is 0.783 bits per heavy atom. The largest absolute Gasteiger partial charge is 0.543 e. The maximum atomic E-state index is 11.1. The number of benzene rings is 3. The second kappa shape index (κ2) is 12.2. The summed E-state index contributed by atoms with van der Waals surface area (Å²) in [7, 11) is -4.13. The number of rotatable bonds is 8. The van der Waals surface area contributed by atoms with Crippen molar-refractivity contribution < 1.29 is 33.0 Å². The lowest BCUT2D eigenvalue weighted by Gasteiger charge is -2.37. The molecule has 3 aromatic carbocycles. The Labute approximate surface area is 275 Å². The van der Waals surface area contributed by atoms with E-state index in [0.29, 0.717) is 18.8 Å². The predicted octanol–water partition coefficient (Wildman–Crippen LogP) is 9.74. The van der Waals surface area contributed by atoms with Gasteiger partial charge in [0.15, 0.2) is 6.61 Å². The Hall–Kier alpha value is -3.70. The maximum Gasteiger partial charge on any atom is 0.341 e. The van der Waals surface area contributed by atoms with E-state index in [1.54, 1.807) is 12.1 Å². The van der Waals surface area contributed by atoms with E-state index in [4.69, 9.17) is 28.2 Å². The molecule has 0 fully saturated rings. The molecular formula is C37H48O7Si2. The van der Waals surface area contributed by atoms with Crippen molar-refractivity contribution in [2.24, 2.45) is 0 Å². The standard InChI is InChI=1S/C37H48O7Si2/c1-36(2,3)45(7,8)43-26-16-18-30-31(21-26)40-20-19-29-28-17-15-27(44-46(9,10)37(4,5)6)22-32(28)42-35(34(29)30)24-11-13-25(14-12-24)41-23-33(38)39/h11-18,21-22,35H,19-20,23H2,1-10H3,(H,38,39). The lowest BCUT2D eigenvalue weighted by molar-refractivity contribution is -0.139. The molecule has 2 heterocycles. The highest BCUT2D eigenvalue weighted by atomic mass is 28.4. The highest BCUT2D eigenvalue weighted by Gasteiger charge is 2.41. The molecule has 0 saturated carbocycles. The van der Waals surface area contributed by atoms with Crippen LogP contribution in [0.5, 0.6) is 28.7 Å². The molecule has 0 aliphatic carbocycles. The summed E-state index contributed by atoms with van der Waals surface area (Å²) in [5, 5.41) is 9.18. The molecule has 0 aromatic heterocycles. The van der Waals surface area contributed by atoms with Crippen LogP contribution in [0.1, 0.15) is 70.8 Å². The van der Waals surface area contributed by atoms with E-state index in [1.165, 1.54) is 5.57 Å². The topological polar surface area (TPSA) is 83.5 Å². The van der Waals surface area contributed by atoms with Crippen molar-refractivity contribution >= 4 is 33.8 Å². The molecule has 3 aromatic rings. The van der Waals surface area contributed by atoms with E-state index < -0.39 is 35.3 Å². The van der Waals surface area contributed by atoms with Crippen LogP contribution in [-0.2, 0) is 4.79 Å². The molecule has 2 aliphatic rings. The first-order valence-electron chi connectivity index (χ1n) is 16.0. The Morgan fingerprint density at radius 3 is 1.85 bits per heavy atom. The molecule has 2 aliphatic heterocycles. The molecule has 1 unspecified atom stereocenters. The zero-order chi connectivity index (χ0) is 33.7. The Bertz CT molecular complexity index is 1640. The molecule has 246 valence electrons. The number of carbonyl (C=O) groups is 1. The van der Waals surface area contributed by atoms with Crippen LogP contribution in [0.25, 0.3) is 11.1 Å². The van der Waals surface area contributed by atoms with Crippen LogP contribution in [-0.4, -0.2) is 40.9 Å². The van der Waals surface area contributed by atoms with Crippen LogP contribution in [0.2, 0.25) is 36.3 Å². The SMILES string of the molecule is CC(C)(C)[Si](C)(C)Oc1ccc2c(c1)OC(c1ccc(OCC(=O)O)cc1)C1=C2CCOc2cc(O[Si](C)(C)C(C)(C)C)ccc21. The molecule has 46 heavy (non-hydrogen) atoms. The van der Waals surface area contributed by atoms with E-state index in [2.05, 4.69) is 85.9 Å². The van der Waals surface area contributed by atoms with Gasteiger partial charge in [-0.25, -0.2) is 4.79 Å². The summed E-state index contributed by atoms with van der Waals surface area (Å²) in [6.45, 7) is 22.5. The zero-order valence-electron chi connectivity index (χ0n) is 28.9. The van der Waals surface area contributed by atoms with Crippen molar-refractivity contribution in [2.75, 3.05) is 13.2 Å². The van der Waals surface area contributed by atoms with E-state index in [-0.39, 0.29) is 10.1 Å². The van der Waals surface area contributed by atoms with Gasteiger partial charge in [-0.1, -0.05) is 53.7 Å². The van der Waals surface area contributed by atoms with Crippen molar-refractivity contribution in [3.63, 3.8) is 0 Å². The lowest BCUT2D eigenvalue weighted by atomic mass is 9.84. The molecule has 0 radical (unpaired) electrons. The van der Waals surface area contributed by atoms with Crippen LogP contribution in [0.3, 0.4) is 0 Å². The highest BCUT2D eigenvalue weighted by molar-refractivity contribution is 6.75. The summed E-state index contributed by atoms with van der Waals surface area (Å²) in [4.78, 5) is 11.1. The van der Waals surface area contributed by atoms with Crippen LogP contribution >= 0.6 is 0 Å².